The Kier molecular flexibility index (Phi) is 6.17. The number of nitrogens with two attached hydrogens (primary N) is 1. The Labute approximate surface area is 189 Å². The number of carboxylic acid groups (broad SMARTS) is 1. The first kappa shape index (κ1) is 21.8. The molecule has 1 unspecified atom stereocenters. The number of hydrogen-bond acceptors (Lipinski definition) is 4. The number of amides is 1. The molecule has 0 radical (unpaired) electrons. The average Bonchev–Trinajstić information content (AvgIpc) is 3.21. The van der Waals surface area contributed by atoms with Crippen LogP contribution in [0.2, 0.25) is 0 Å². The van der Waals surface area contributed by atoms with E-state index in [1.54, 1.807) is 48.5 Å². The third-order valence-electron chi connectivity index (χ3n) is 5.14. The van der Waals surface area contributed by atoms with Crippen molar-refractivity contribution < 1.29 is 19.1 Å². The average molecular weight is 444 g/mol. The molecule has 0 fully saturated rings. The second kappa shape index (κ2) is 9.35. The van der Waals surface area contributed by atoms with Gasteiger partial charge in [-0.05, 0) is 41.0 Å². The van der Waals surface area contributed by atoms with E-state index in [-0.39, 0.29) is 23.7 Å². The van der Waals surface area contributed by atoms with E-state index >= 15 is 0 Å². The normalized spacial score (nSPS) is 11.7. The lowest BCUT2D eigenvalue weighted by Crippen LogP contribution is -2.30. The van der Waals surface area contributed by atoms with Gasteiger partial charge in [0.2, 0.25) is 0 Å². The number of benzene rings is 3. The summed E-state index contributed by atoms with van der Waals surface area (Å²) in [5, 5.41) is 16.4. The van der Waals surface area contributed by atoms with Crippen LogP contribution in [0, 0.1) is 5.82 Å². The maximum atomic E-state index is 13.2. The molecule has 4 rings (SSSR count). The van der Waals surface area contributed by atoms with E-state index in [0.29, 0.717) is 11.3 Å². The minimum Gasteiger partial charge on any atom is -0.481 e. The van der Waals surface area contributed by atoms with Gasteiger partial charge >= 0.3 is 5.97 Å². The van der Waals surface area contributed by atoms with Crippen LogP contribution in [-0.4, -0.2) is 26.8 Å². The molecule has 0 aliphatic carbocycles. The highest BCUT2D eigenvalue weighted by Crippen LogP contribution is 2.24. The number of halogens is 1. The second-order valence-electron chi connectivity index (χ2n) is 7.45. The Hall–Kier alpha value is -4.46. The topological polar surface area (TPSA) is 110 Å². The number of nitrogen functional groups attached to an aromatic ring is 1. The number of hydrogen-bond donors (Lipinski definition) is 3. The zero-order valence-corrected chi connectivity index (χ0v) is 17.5. The summed E-state index contributed by atoms with van der Waals surface area (Å²) < 4.78 is 14.6. The molecule has 4 aromatic rings. The van der Waals surface area contributed by atoms with Gasteiger partial charge in [0, 0.05) is 6.07 Å². The number of aromatic nitrogens is 2. The molecule has 0 bridgehead atoms. The summed E-state index contributed by atoms with van der Waals surface area (Å²) in [5.74, 6) is -1.64. The van der Waals surface area contributed by atoms with Crippen molar-refractivity contribution in [3.05, 3.63) is 102 Å². The van der Waals surface area contributed by atoms with Gasteiger partial charge in [0.15, 0.2) is 5.69 Å². The van der Waals surface area contributed by atoms with Gasteiger partial charge in [-0.2, -0.15) is 5.10 Å². The molecule has 4 N–H and O–H groups in total. The van der Waals surface area contributed by atoms with E-state index in [0.717, 1.165) is 11.1 Å². The van der Waals surface area contributed by atoms with Gasteiger partial charge in [0.1, 0.15) is 11.6 Å². The predicted molar refractivity (Wildman–Crippen MR) is 122 cm³/mol. The third kappa shape index (κ3) is 5.07. The van der Waals surface area contributed by atoms with Crippen molar-refractivity contribution in [1.29, 1.82) is 0 Å². The van der Waals surface area contributed by atoms with E-state index in [1.165, 1.54) is 22.9 Å². The maximum Gasteiger partial charge on any atom is 0.305 e. The number of nitrogens with zero attached hydrogens (tertiary/aromatic N) is 2. The van der Waals surface area contributed by atoms with Crippen molar-refractivity contribution in [2.75, 3.05) is 5.73 Å². The smallest absolute Gasteiger partial charge is 0.305 e. The zero-order chi connectivity index (χ0) is 23.4. The minimum atomic E-state index is -1.06. The summed E-state index contributed by atoms with van der Waals surface area (Å²) in [6.45, 7) is 0. The second-order valence-corrected chi connectivity index (χ2v) is 7.45. The molecule has 3 aromatic carbocycles. The van der Waals surface area contributed by atoms with Crippen LogP contribution in [0.5, 0.6) is 0 Å². The molecular formula is C25H21FN4O3. The lowest BCUT2D eigenvalue weighted by molar-refractivity contribution is -0.137. The molecule has 1 aromatic heterocycles. The zero-order valence-electron chi connectivity index (χ0n) is 17.5. The first-order valence-electron chi connectivity index (χ1n) is 10.2. The van der Waals surface area contributed by atoms with Crippen molar-refractivity contribution in [2.24, 2.45) is 0 Å². The molecule has 0 aliphatic heterocycles. The fourth-order valence-electron chi connectivity index (χ4n) is 3.49. The minimum absolute atomic E-state index is 0.0784. The van der Waals surface area contributed by atoms with Crippen molar-refractivity contribution in [3.8, 4) is 16.8 Å². The SMILES string of the molecule is Nc1cc(C(=O)NC(CC(=O)O)c2ccc(-c3ccc(F)cc3)cc2)nn1-c1ccccc1. The number of anilines is 1. The molecule has 0 saturated heterocycles. The molecule has 0 spiro atoms. The number of para-hydroxylation sites is 1. The number of carbonyl (C=O) groups is 2. The molecule has 1 heterocycles. The number of aliphatic carboxylic acids is 1. The Morgan fingerprint density at radius 3 is 2.18 bits per heavy atom. The molecule has 0 saturated carbocycles. The van der Waals surface area contributed by atoms with E-state index in [2.05, 4.69) is 10.4 Å². The van der Waals surface area contributed by atoms with Gasteiger partial charge in [-0.1, -0.05) is 54.6 Å². The van der Waals surface area contributed by atoms with Gasteiger partial charge in [-0.3, -0.25) is 9.59 Å². The van der Waals surface area contributed by atoms with Crippen LogP contribution in [0.15, 0.2) is 84.9 Å². The van der Waals surface area contributed by atoms with Crippen LogP contribution >= 0.6 is 0 Å². The first-order valence-corrected chi connectivity index (χ1v) is 10.2. The van der Waals surface area contributed by atoms with Gasteiger partial charge in [-0.15, -0.1) is 0 Å². The monoisotopic (exact) mass is 444 g/mol. The Balaban J connectivity index is 1.55. The number of carboxylic acids is 1. The molecular weight excluding hydrogens is 423 g/mol. The fourth-order valence-corrected chi connectivity index (χ4v) is 3.49. The highest BCUT2D eigenvalue weighted by Gasteiger charge is 2.21. The summed E-state index contributed by atoms with van der Waals surface area (Å²) in [6, 6.07) is 22.9. The molecule has 1 amide bonds. The van der Waals surface area contributed by atoms with Crippen LogP contribution in [0.1, 0.15) is 28.5 Å². The summed E-state index contributed by atoms with van der Waals surface area (Å²) >= 11 is 0. The van der Waals surface area contributed by atoms with Gasteiger partial charge in [-0.25, -0.2) is 9.07 Å². The summed E-state index contributed by atoms with van der Waals surface area (Å²) in [7, 11) is 0. The molecule has 166 valence electrons. The fraction of sp³-hybridized carbons (Fsp3) is 0.0800. The maximum absolute atomic E-state index is 13.2. The van der Waals surface area contributed by atoms with Crippen LogP contribution in [-0.2, 0) is 4.79 Å². The summed E-state index contributed by atoms with van der Waals surface area (Å²) in [6.07, 6.45) is -0.309. The Morgan fingerprint density at radius 1 is 0.970 bits per heavy atom. The lowest BCUT2D eigenvalue weighted by Gasteiger charge is -2.17. The van der Waals surface area contributed by atoms with Crippen LogP contribution in [0.3, 0.4) is 0 Å². The summed E-state index contributed by atoms with van der Waals surface area (Å²) in [4.78, 5) is 24.3. The molecule has 0 aliphatic rings. The van der Waals surface area contributed by atoms with E-state index in [9.17, 15) is 19.1 Å². The number of carbonyl (C=O) groups excluding carboxylic acids is 1. The van der Waals surface area contributed by atoms with Gasteiger partial charge in [0.05, 0.1) is 18.2 Å². The highest BCUT2D eigenvalue weighted by atomic mass is 19.1. The van der Waals surface area contributed by atoms with E-state index in [1.807, 2.05) is 18.2 Å². The standard InChI is InChI=1S/C25H21FN4O3/c26-19-12-10-17(11-13-19)16-6-8-18(9-7-16)21(15-24(31)32)28-25(33)22-14-23(27)30(29-22)20-4-2-1-3-5-20/h1-14,21H,15,27H2,(H,28,33)(H,31,32). The van der Waals surface area contributed by atoms with Crippen LogP contribution in [0.4, 0.5) is 10.2 Å². The highest BCUT2D eigenvalue weighted by molar-refractivity contribution is 5.93. The van der Waals surface area contributed by atoms with E-state index in [4.69, 9.17) is 5.73 Å². The lowest BCUT2D eigenvalue weighted by atomic mass is 9.99. The third-order valence-corrected chi connectivity index (χ3v) is 5.14. The number of rotatable bonds is 7. The largest absolute Gasteiger partial charge is 0.481 e. The molecule has 33 heavy (non-hydrogen) atoms. The predicted octanol–water partition coefficient (Wildman–Crippen LogP) is 4.21. The van der Waals surface area contributed by atoms with Crippen LogP contribution < -0.4 is 11.1 Å². The van der Waals surface area contributed by atoms with Gasteiger partial charge in [0.25, 0.3) is 5.91 Å². The molecule has 8 heteroatoms. The van der Waals surface area contributed by atoms with Crippen molar-refractivity contribution in [2.45, 2.75) is 12.5 Å². The van der Waals surface area contributed by atoms with Crippen molar-refractivity contribution >= 4 is 17.7 Å². The molecule has 7 nitrogen and oxygen atoms in total. The van der Waals surface area contributed by atoms with Crippen molar-refractivity contribution in [1.82, 2.24) is 15.1 Å². The summed E-state index contributed by atoms with van der Waals surface area (Å²) in [5.41, 5.74) is 9.08. The number of nitrogens with one attached hydrogen (secondary N) is 1. The molecule has 1 atom stereocenters. The van der Waals surface area contributed by atoms with Crippen LogP contribution in [0.25, 0.3) is 16.8 Å². The van der Waals surface area contributed by atoms with Gasteiger partial charge < -0.3 is 16.2 Å². The van der Waals surface area contributed by atoms with E-state index < -0.39 is 17.9 Å². The van der Waals surface area contributed by atoms with Crippen molar-refractivity contribution in [3.63, 3.8) is 0 Å². The Morgan fingerprint density at radius 2 is 1.58 bits per heavy atom. The Bertz CT molecular complexity index is 1270. The first-order chi connectivity index (χ1) is 15.9. The quantitative estimate of drug-likeness (QED) is 0.396.